The van der Waals surface area contributed by atoms with Gasteiger partial charge in [0, 0.05) is 13.1 Å². The molecule has 0 spiro atoms. The van der Waals surface area contributed by atoms with Crippen LogP contribution in [0, 0.1) is 13.8 Å². The number of urea groups is 1. The van der Waals surface area contributed by atoms with Crippen LogP contribution in [0.2, 0.25) is 0 Å². The SMILES string of the molecule is Cc1cc(C)c(NC(=O)NN2CCOCC2)c(C(=O)O)c1. The minimum Gasteiger partial charge on any atom is -0.478 e. The lowest BCUT2D eigenvalue weighted by atomic mass is 10.0. The van der Waals surface area contributed by atoms with E-state index in [9.17, 15) is 14.7 Å². The van der Waals surface area contributed by atoms with Crippen LogP contribution in [0.1, 0.15) is 21.5 Å². The van der Waals surface area contributed by atoms with E-state index in [4.69, 9.17) is 4.74 Å². The number of aryl methyl sites for hydroxylation is 2. The Kier molecular flexibility index (Phi) is 4.77. The summed E-state index contributed by atoms with van der Waals surface area (Å²) in [6.45, 7) is 5.91. The standard InChI is InChI=1S/C14H19N3O4/c1-9-7-10(2)12(11(8-9)13(18)19)15-14(20)16-17-3-5-21-6-4-17/h7-8H,3-6H2,1-2H3,(H,18,19)(H2,15,16,20). The van der Waals surface area contributed by atoms with Gasteiger partial charge in [0.05, 0.1) is 24.5 Å². The summed E-state index contributed by atoms with van der Waals surface area (Å²) in [5, 5.41) is 13.6. The van der Waals surface area contributed by atoms with Gasteiger partial charge in [-0.1, -0.05) is 6.07 Å². The van der Waals surface area contributed by atoms with E-state index in [0.29, 0.717) is 37.6 Å². The van der Waals surface area contributed by atoms with Crippen LogP contribution < -0.4 is 10.7 Å². The number of nitrogens with zero attached hydrogens (tertiary/aromatic N) is 1. The fourth-order valence-electron chi connectivity index (χ4n) is 2.26. The molecule has 2 rings (SSSR count). The Morgan fingerprint density at radius 3 is 2.52 bits per heavy atom. The maximum atomic E-state index is 12.0. The van der Waals surface area contributed by atoms with E-state index in [1.165, 1.54) is 0 Å². The highest BCUT2D eigenvalue weighted by atomic mass is 16.5. The molecule has 0 bridgehead atoms. The van der Waals surface area contributed by atoms with Crippen LogP contribution in [-0.4, -0.2) is 48.4 Å². The van der Waals surface area contributed by atoms with Crippen LogP contribution in [-0.2, 0) is 4.74 Å². The van der Waals surface area contributed by atoms with Gasteiger partial charge < -0.3 is 15.2 Å². The number of morpholine rings is 1. The second-order valence-corrected chi connectivity index (χ2v) is 4.97. The van der Waals surface area contributed by atoms with Crippen molar-refractivity contribution in [1.82, 2.24) is 10.4 Å². The largest absolute Gasteiger partial charge is 0.478 e. The first-order valence-electron chi connectivity index (χ1n) is 6.72. The Labute approximate surface area is 122 Å². The number of nitrogens with one attached hydrogen (secondary N) is 2. The third-order valence-electron chi connectivity index (χ3n) is 3.22. The minimum absolute atomic E-state index is 0.0876. The van der Waals surface area contributed by atoms with Crippen molar-refractivity contribution in [3.8, 4) is 0 Å². The Bertz CT molecular complexity index is 553. The molecule has 114 valence electrons. The number of benzene rings is 1. The summed E-state index contributed by atoms with van der Waals surface area (Å²) < 4.78 is 5.19. The predicted octanol–water partition coefficient (Wildman–Crippen LogP) is 1.37. The number of carboxylic acids is 1. The molecule has 1 aliphatic rings. The van der Waals surface area contributed by atoms with Crippen LogP contribution in [0.25, 0.3) is 0 Å². The average Bonchev–Trinajstić information content (AvgIpc) is 2.42. The highest BCUT2D eigenvalue weighted by molar-refractivity contribution is 6.01. The number of rotatable bonds is 3. The molecule has 1 aromatic rings. The van der Waals surface area contributed by atoms with Crippen LogP contribution >= 0.6 is 0 Å². The molecule has 1 fully saturated rings. The number of aromatic carboxylic acids is 1. The first-order chi connectivity index (χ1) is 9.97. The number of ether oxygens (including phenoxy) is 1. The van der Waals surface area contributed by atoms with Gasteiger partial charge in [-0.15, -0.1) is 0 Å². The lowest BCUT2D eigenvalue weighted by molar-refractivity contribution is 0.0207. The van der Waals surface area contributed by atoms with Gasteiger partial charge >= 0.3 is 12.0 Å². The number of hydrogen-bond acceptors (Lipinski definition) is 4. The average molecular weight is 293 g/mol. The maximum absolute atomic E-state index is 12.0. The number of carbonyl (C=O) groups is 2. The van der Waals surface area contributed by atoms with Gasteiger partial charge in [-0.2, -0.15) is 0 Å². The quantitative estimate of drug-likeness (QED) is 0.783. The summed E-state index contributed by atoms with van der Waals surface area (Å²) >= 11 is 0. The molecule has 0 atom stereocenters. The molecule has 7 heteroatoms. The molecule has 0 radical (unpaired) electrons. The molecular weight excluding hydrogens is 274 g/mol. The monoisotopic (exact) mass is 293 g/mol. The van der Waals surface area contributed by atoms with Crippen molar-refractivity contribution in [3.63, 3.8) is 0 Å². The summed E-state index contributed by atoms with van der Waals surface area (Å²) in [5.74, 6) is -1.07. The molecule has 0 aromatic heterocycles. The zero-order valence-corrected chi connectivity index (χ0v) is 12.1. The maximum Gasteiger partial charge on any atom is 0.337 e. The lowest BCUT2D eigenvalue weighted by Gasteiger charge is -2.27. The summed E-state index contributed by atoms with van der Waals surface area (Å²) in [6.07, 6.45) is 0. The fraction of sp³-hybridized carbons (Fsp3) is 0.429. The summed E-state index contributed by atoms with van der Waals surface area (Å²) in [5.41, 5.74) is 4.64. The zero-order chi connectivity index (χ0) is 15.4. The number of hydrogen-bond donors (Lipinski definition) is 3. The van der Waals surface area contributed by atoms with Crippen LogP contribution in [0.4, 0.5) is 10.5 Å². The molecule has 3 N–H and O–H groups in total. The predicted molar refractivity (Wildman–Crippen MR) is 77.4 cm³/mol. The minimum atomic E-state index is -1.07. The smallest absolute Gasteiger partial charge is 0.337 e. The van der Waals surface area contributed by atoms with E-state index in [1.807, 2.05) is 13.0 Å². The number of carboxylic acid groups (broad SMARTS) is 1. The Hall–Kier alpha value is -2.12. The van der Waals surface area contributed by atoms with Crippen molar-refractivity contribution in [2.24, 2.45) is 0 Å². The first kappa shape index (κ1) is 15.3. The topological polar surface area (TPSA) is 90.9 Å². The number of amides is 2. The van der Waals surface area contributed by atoms with Gasteiger partial charge in [0.25, 0.3) is 0 Å². The van der Waals surface area contributed by atoms with E-state index in [1.54, 1.807) is 18.0 Å². The molecular formula is C14H19N3O4. The third-order valence-corrected chi connectivity index (χ3v) is 3.22. The fourth-order valence-corrected chi connectivity index (χ4v) is 2.26. The van der Waals surface area contributed by atoms with Crippen molar-refractivity contribution in [3.05, 3.63) is 28.8 Å². The zero-order valence-electron chi connectivity index (χ0n) is 12.1. The van der Waals surface area contributed by atoms with E-state index >= 15 is 0 Å². The van der Waals surface area contributed by atoms with Gasteiger partial charge in [-0.25, -0.2) is 14.6 Å². The van der Waals surface area contributed by atoms with Crippen LogP contribution in [0.15, 0.2) is 12.1 Å². The summed E-state index contributed by atoms with van der Waals surface area (Å²) in [6, 6.07) is 2.92. The number of carbonyl (C=O) groups excluding carboxylic acids is 1. The van der Waals surface area contributed by atoms with Crippen molar-refractivity contribution in [2.75, 3.05) is 31.6 Å². The van der Waals surface area contributed by atoms with E-state index in [-0.39, 0.29) is 5.56 Å². The van der Waals surface area contributed by atoms with Crippen molar-refractivity contribution in [1.29, 1.82) is 0 Å². The molecule has 0 aliphatic carbocycles. The first-order valence-corrected chi connectivity index (χ1v) is 6.72. The number of anilines is 1. The van der Waals surface area contributed by atoms with E-state index in [2.05, 4.69) is 10.7 Å². The Balaban J connectivity index is 2.11. The molecule has 2 amide bonds. The van der Waals surface area contributed by atoms with Gasteiger partial charge in [-0.05, 0) is 31.0 Å². The van der Waals surface area contributed by atoms with Crippen molar-refractivity contribution in [2.45, 2.75) is 13.8 Å². The van der Waals surface area contributed by atoms with Crippen LogP contribution in [0.5, 0.6) is 0 Å². The molecule has 1 aromatic carbocycles. The molecule has 1 saturated heterocycles. The lowest BCUT2D eigenvalue weighted by Crippen LogP contribution is -2.49. The second kappa shape index (κ2) is 6.55. The van der Waals surface area contributed by atoms with Crippen molar-refractivity contribution >= 4 is 17.7 Å². The van der Waals surface area contributed by atoms with Gasteiger partial charge in [0.15, 0.2) is 0 Å². The van der Waals surface area contributed by atoms with Gasteiger partial charge in [0.1, 0.15) is 0 Å². The molecule has 7 nitrogen and oxygen atoms in total. The second-order valence-electron chi connectivity index (χ2n) is 4.97. The molecule has 0 saturated carbocycles. The molecule has 0 unspecified atom stereocenters. The highest BCUT2D eigenvalue weighted by Crippen LogP contribution is 2.22. The van der Waals surface area contributed by atoms with Gasteiger partial charge in [0.2, 0.25) is 0 Å². The van der Waals surface area contributed by atoms with Gasteiger partial charge in [-0.3, -0.25) is 5.43 Å². The Morgan fingerprint density at radius 2 is 1.90 bits per heavy atom. The van der Waals surface area contributed by atoms with Crippen LogP contribution in [0.3, 0.4) is 0 Å². The molecule has 1 heterocycles. The highest BCUT2D eigenvalue weighted by Gasteiger charge is 2.18. The summed E-state index contributed by atoms with van der Waals surface area (Å²) in [7, 11) is 0. The van der Waals surface area contributed by atoms with Crippen molar-refractivity contribution < 1.29 is 19.4 Å². The van der Waals surface area contributed by atoms with E-state index < -0.39 is 12.0 Å². The molecule has 1 aliphatic heterocycles. The molecule has 21 heavy (non-hydrogen) atoms. The Morgan fingerprint density at radius 1 is 1.24 bits per heavy atom. The summed E-state index contributed by atoms with van der Waals surface area (Å²) in [4.78, 5) is 23.3. The normalized spacial score (nSPS) is 15.5. The van der Waals surface area contributed by atoms with E-state index in [0.717, 1.165) is 5.56 Å². The third kappa shape index (κ3) is 3.93. The number of hydrazine groups is 1.